The Morgan fingerprint density at radius 3 is 2.27 bits per heavy atom. The molecule has 33 heavy (non-hydrogen) atoms. The fraction of sp³-hybridized carbons (Fsp3) is 0.154. The molecule has 1 atom stereocenters. The summed E-state index contributed by atoms with van der Waals surface area (Å²) in [6.45, 7) is 1.95. The lowest BCUT2D eigenvalue weighted by Gasteiger charge is -2.24. The Labute approximate surface area is 193 Å². The van der Waals surface area contributed by atoms with E-state index in [9.17, 15) is 9.59 Å². The van der Waals surface area contributed by atoms with E-state index in [0.29, 0.717) is 17.7 Å². The molecule has 7 nitrogen and oxygen atoms in total. The highest BCUT2D eigenvalue weighted by Crippen LogP contribution is 2.27. The Balaban J connectivity index is 1.55. The Kier molecular flexibility index (Phi) is 6.71. The number of carbonyl (C=O) groups excluding carboxylic acids is 2. The summed E-state index contributed by atoms with van der Waals surface area (Å²) >= 11 is 0. The summed E-state index contributed by atoms with van der Waals surface area (Å²) in [4.78, 5) is 26.2. The smallest absolute Gasteiger partial charge is 0.251 e. The summed E-state index contributed by atoms with van der Waals surface area (Å²) in [7, 11) is 1.90. The summed E-state index contributed by atoms with van der Waals surface area (Å²) in [6, 6.07) is 23.6. The molecule has 3 N–H and O–H groups in total. The van der Waals surface area contributed by atoms with Crippen LogP contribution in [0.2, 0.25) is 0 Å². The third-order valence-corrected chi connectivity index (χ3v) is 5.47. The average molecular weight is 442 g/mol. The number of anilines is 2. The Hall–Kier alpha value is -4.10. The Morgan fingerprint density at radius 1 is 0.909 bits per heavy atom. The van der Waals surface area contributed by atoms with Gasteiger partial charge in [-0.2, -0.15) is 0 Å². The predicted molar refractivity (Wildman–Crippen MR) is 130 cm³/mol. The van der Waals surface area contributed by atoms with Crippen molar-refractivity contribution >= 4 is 23.2 Å². The molecule has 0 saturated carbocycles. The zero-order valence-electron chi connectivity index (χ0n) is 18.7. The molecular weight excluding hydrogens is 414 g/mol. The van der Waals surface area contributed by atoms with Gasteiger partial charge in [0.25, 0.3) is 5.91 Å². The van der Waals surface area contributed by atoms with Crippen molar-refractivity contribution in [2.45, 2.75) is 19.4 Å². The van der Waals surface area contributed by atoms with Gasteiger partial charge < -0.3 is 10.6 Å². The molecule has 7 heteroatoms. The molecule has 0 radical (unpaired) electrons. The van der Waals surface area contributed by atoms with Crippen LogP contribution >= 0.6 is 0 Å². The summed E-state index contributed by atoms with van der Waals surface area (Å²) in [5, 5.41) is 9.63. The highest BCUT2D eigenvalue weighted by Gasteiger charge is 2.23. The number of rotatable bonds is 7. The van der Waals surface area contributed by atoms with Crippen LogP contribution in [0.25, 0.3) is 0 Å². The maximum Gasteiger partial charge on any atom is 0.251 e. The molecule has 3 aromatic carbocycles. The van der Waals surface area contributed by atoms with E-state index in [4.69, 9.17) is 0 Å². The maximum atomic E-state index is 13.3. The van der Waals surface area contributed by atoms with Crippen molar-refractivity contribution in [3.05, 3.63) is 108 Å². The number of hydrogen-bond donors (Lipinski definition) is 3. The van der Waals surface area contributed by atoms with Crippen LogP contribution < -0.4 is 21.2 Å². The third kappa shape index (κ3) is 5.39. The number of hydrogen-bond acceptors (Lipinski definition) is 5. The quantitative estimate of drug-likeness (QED) is 0.522. The Bertz CT molecular complexity index is 1150. The van der Waals surface area contributed by atoms with Crippen LogP contribution in [0.15, 0.2) is 91.3 Å². The van der Waals surface area contributed by atoms with Gasteiger partial charge in [0.05, 0.1) is 5.69 Å². The first-order valence-electron chi connectivity index (χ1n) is 10.8. The molecule has 0 fully saturated rings. The van der Waals surface area contributed by atoms with Crippen molar-refractivity contribution in [3.8, 4) is 0 Å². The molecule has 3 aromatic rings. The lowest BCUT2D eigenvalue weighted by Crippen LogP contribution is -2.45. The molecule has 1 aliphatic rings. The summed E-state index contributed by atoms with van der Waals surface area (Å²) in [5.41, 5.74) is 7.17. The number of benzene rings is 3. The standard InChI is InChI=1S/C26H27N5O2/c1-19-22(14-9-15-24(19)31-17-16-30(2)29-31)27-26(33)23(18-20-10-5-3-6-11-20)28-25(32)21-12-7-4-8-13-21/h3-17,23,29H,18H2,1-2H3,(H,27,33)(H,28,32). The molecule has 1 aliphatic heterocycles. The van der Waals surface area contributed by atoms with Crippen molar-refractivity contribution < 1.29 is 9.59 Å². The van der Waals surface area contributed by atoms with E-state index < -0.39 is 6.04 Å². The first-order valence-corrected chi connectivity index (χ1v) is 10.8. The number of nitrogens with zero attached hydrogens (tertiary/aromatic N) is 2. The van der Waals surface area contributed by atoms with Gasteiger partial charge in [-0.1, -0.05) is 54.6 Å². The molecule has 0 saturated heterocycles. The Morgan fingerprint density at radius 2 is 1.61 bits per heavy atom. The van der Waals surface area contributed by atoms with E-state index in [1.807, 2.05) is 91.0 Å². The summed E-state index contributed by atoms with van der Waals surface area (Å²) in [6.07, 6.45) is 4.19. The van der Waals surface area contributed by atoms with Crippen LogP contribution in [-0.4, -0.2) is 29.9 Å². The second kappa shape index (κ2) is 10.0. The first kappa shape index (κ1) is 22.1. The topological polar surface area (TPSA) is 76.7 Å². The van der Waals surface area contributed by atoms with Gasteiger partial charge in [-0.3, -0.25) is 19.6 Å². The highest BCUT2D eigenvalue weighted by atomic mass is 16.2. The second-order valence-electron chi connectivity index (χ2n) is 7.90. The highest BCUT2D eigenvalue weighted by molar-refractivity contribution is 6.01. The zero-order valence-corrected chi connectivity index (χ0v) is 18.7. The van der Waals surface area contributed by atoms with Crippen LogP contribution in [-0.2, 0) is 11.2 Å². The molecule has 2 amide bonds. The largest absolute Gasteiger partial charge is 0.340 e. The molecule has 4 rings (SSSR count). The minimum absolute atomic E-state index is 0.273. The molecule has 1 heterocycles. The van der Waals surface area contributed by atoms with E-state index in [2.05, 4.69) is 16.2 Å². The third-order valence-electron chi connectivity index (χ3n) is 5.47. The molecule has 0 aromatic heterocycles. The zero-order chi connectivity index (χ0) is 23.2. The minimum Gasteiger partial charge on any atom is -0.340 e. The van der Waals surface area contributed by atoms with E-state index in [0.717, 1.165) is 16.8 Å². The van der Waals surface area contributed by atoms with Crippen molar-refractivity contribution in [2.24, 2.45) is 0 Å². The van der Waals surface area contributed by atoms with E-state index in [1.54, 1.807) is 24.3 Å². The van der Waals surface area contributed by atoms with Gasteiger partial charge in [0.2, 0.25) is 5.91 Å². The lowest BCUT2D eigenvalue weighted by molar-refractivity contribution is -0.118. The van der Waals surface area contributed by atoms with Gasteiger partial charge in [0.1, 0.15) is 6.04 Å². The number of carbonyl (C=O) groups is 2. The van der Waals surface area contributed by atoms with Crippen LogP contribution in [0.4, 0.5) is 11.4 Å². The van der Waals surface area contributed by atoms with Crippen molar-refractivity contribution in [3.63, 3.8) is 0 Å². The fourth-order valence-corrected chi connectivity index (χ4v) is 3.67. The van der Waals surface area contributed by atoms with E-state index in [1.165, 1.54) is 0 Å². The monoisotopic (exact) mass is 441 g/mol. The average Bonchev–Trinajstić information content (AvgIpc) is 3.27. The van der Waals surface area contributed by atoms with E-state index >= 15 is 0 Å². The SMILES string of the molecule is Cc1c(NC(=O)C(Cc2ccccc2)NC(=O)c2ccccc2)cccc1N1C=CN(C)N1. The van der Waals surface area contributed by atoms with Crippen LogP contribution in [0.1, 0.15) is 21.5 Å². The van der Waals surface area contributed by atoms with Crippen molar-refractivity contribution in [2.75, 3.05) is 17.4 Å². The number of nitrogens with one attached hydrogen (secondary N) is 3. The van der Waals surface area contributed by atoms with Gasteiger partial charge in [0, 0.05) is 37.1 Å². The van der Waals surface area contributed by atoms with Gasteiger partial charge in [-0.25, -0.2) is 0 Å². The summed E-state index contributed by atoms with van der Waals surface area (Å²) < 4.78 is 0. The van der Waals surface area contributed by atoms with Gasteiger partial charge in [-0.05, 0) is 42.3 Å². The summed E-state index contributed by atoms with van der Waals surface area (Å²) in [5.74, 6) is -0.558. The molecule has 168 valence electrons. The molecule has 0 aliphatic carbocycles. The van der Waals surface area contributed by atoms with E-state index in [-0.39, 0.29) is 11.8 Å². The minimum atomic E-state index is -0.737. The van der Waals surface area contributed by atoms with Gasteiger partial charge in [-0.15, -0.1) is 5.53 Å². The van der Waals surface area contributed by atoms with Crippen molar-refractivity contribution in [1.82, 2.24) is 15.9 Å². The lowest BCUT2D eigenvalue weighted by atomic mass is 10.0. The van der Waals surface area contributed by atoms with Crippen molar-refractivity contribution in [1.29, 1.82) is 0 Å². The van der Waals surface area contributed by atoms with Crippen LogP contribution in [0, 0.1) is 6.92 Å². The van der Waals surface area contributed by atoms with Crippen LogP contribution in [0.5, 0.6) is 0 Å². The van der Waals surface area contributed by atoms with Crippen LogP contribution in [0.3, 0.4) is 0 Å². The molecule has 1 unspecified atom stereocenters. The number of amides is 2. The maximum absolute atomic E-state index is 13.3. The molecule has 0 spiro atoms. The van der Waals surface area contributed by atoms with Gasteiger partial charge in [0.15, 0.2) is 0 Å². The fourth-order valence-electron chi connectivity index (χ4n) is 3.67. The predicted octanol–water partition coefficient (Wildman–Crippen LogP) is 3.62. The second-order valence-corrected chi connectivity index (χ2v) is 7.90. The molecule has 0 bridgehead atoms. The number of hydrazine groups is 2. The molecular formula is C26H27N5O2. The van der Waals surface area contributed by atoms with Gasteiger partial charge >= 0.3 is 0 Å². The first-order chi connectivity index (χ1) is 16.0. The normalized spacial score (nSPS) is 13.6.